The molecule has 3 rings (SSSR count). The molecule has 104 valence electrons. The Balaban J connectivity index is 1.89. The van der Waals surface area contributed by atoms with Gasteiger partial charge in [-0.25, -0.2) is 0 Å². The quantitative estimate of drug-likeness (QED) is 0.858. The number of likely N-dealkylation sites (N-methyl/N-ethyl adjacent to an activating group) is 1. The average Bonchev–Trinajstić information content (AvgIpc) is 3.05. The van der Waals surface area contributed by atoms with Crippen molar-refractivity contribution in [3.05, 3.63) is 23.7 Å². The molecule has 1 aliphatic heterocycles. The van der Waals surface area contributed by atoms with E-state index in [9.17, 15) is 0 Å². The fraction of sp³-hybridized carbons (Fsp3) is 0.462. The Labute approximate surface area is 116 Å². The Bertz CT molecular complexity index is 652. The molecule has 2 aromatic heterocycles. The van der Waals surface area contributed by atoms with E-state index >= 15 is 0 Å². The summed E-state index contributed by atoms with van der Waals surface area (Å²) in [5.74, 6) is 1.12. The molecule has 1 unspecified atom stereocenters. The fourth-order valence-electron chi connectivity index (χ4n) is 2.41. The Hall–Kier alpha value is -2.17. The molecule has 0 radical (unpaired) electrons. The molecule has 1 N–H and O–H groups in total. The van der Waals surface area contributed by atoms with Gasteiger partial charge >= 0.3 is 0 Å². The highest BCUT2D eigenvalue weighted by atomic mass is 16.5. The topological polar surface area (TPSA) is 82.9 Å². The Morgan fingerprint density at radius 2 is 2.35 bits per heavy atom. The van der Waals surface area contributed by atoms with Crippen molar-refractivity contribution in [1.82, 2.24) is 24.9 Å². The minimum absolute atomic E-state index is 0.122. The third-order valence-corrected chi connectivity index (χ3v) is 3.60. The first kappa shape index (κ1) is 12.8. The predicted octanol–water partition coefficient (Wildman–Crippen LogP) is 0.523. The maximum Gasteiger partial charge on any atom is 0.274 e. The number of aromatic nitrogens is 3. The highest BCUT2D eigenvalue weighted by molar-refractivity contribution is 5.52. The minimum Gasteiger partial charge on any atom is -0.345 e. The van der Waals surface area contributed by atoms with E-state index in [0.29, 0.717) is 17.3 Å². The number of rotatable bonds is 2. The van der Waals surface area contributed by atoms with Crippen molar-refractivity contribution >= 4 is 0 Å². The highest BCUT2D eigenvalue weighted by Gasteiger charge is 2.26. The van der Waals surface area contributed by atoms with Crippen LogP contribution in [0.5, 0.6) is 0 Å². The molecule has 1 saturated heterocycles. The van der Waals surface area contributed by atoms with Crippen LogP contribution in [0.15, 0.2) is 16.8 Å². The van der Waals surface area contributed by atoms with Crippen LogP contribution in [0.1, 0.15) is 17.4 Å². The fourth-order valence-corrected chi connectivity index (χ4v) is 2.41. The molecule has 2 aromatic rings. The van der Waals surface area contributed by atoms with E-state index in [1.807, 2.05) is 11.6 Å². The molecular weight excluding hydrogens is 256 g/mol. The van der Waals surface area contributed by atoms with Crippen molar-refractivity contribution in [2.75, 3.05) is 26.7 Å². The molecule has 1 atom stereocenters. The molecule has 7 heteroatoms. The molecule has 0 aromatic carbocycles. The SMILES string of the molecule is CN1CCNCC1c1noc(-c2cc(C#N)cn2C)n1. The van der Waals surface area contributed by atoms with Crippen LogP contribution in [0, 0.1) is 11.3 Å². The van der Waals surface area contributed by atoms with Gasteiger partial charge in [0.15, 0.2) is 5.82 Å². The Morgan fingerprint density at radius 3 is 3.05 bits per heavy atom. The van der Waals surface area contributed by atoms with Crippen molar-refractivity contribution < 1.29 is 4.52 Å². The first-order valence-electron chi connectivity index (χ1n) is 6.50. The second-order valence-corrected chi connectivity index (χ2v) is 4.99. The van der Waals surface area contributed by atoms with Crippen LogP contribution < -0.4 is 5.32 Å². The summed E-state index contributed by atoms with van der Waals surface area (Å²) in [7, 11) is 3.91. The third kappa shape index (κ3) is 2.19. The molecule has 0 aliphatic carbocycles. The predicted molar refractivity (Wildman–Crippen MR) is 71.7 cm³/mol. The Kier molecular flexibility index (Phi) is 3.26. The van der Waals surface area contributed by atoms with Gasteiger partial charge in [0, 0.05) is 32.9 Å². The van der Waals surface area contributed by atoms with Crippen LogP contribution in [0.4, 0.5) is 0 Å². The molecule has 0 amide bonds. The van der Waals surface area contributed by atoms with E-state index in [1.54, 1.807) is 12.3 Å². The smallest absolute Gasteiger partial charge is 0.274 e. The highest BCUT2D eigenvalue weighted by Crippen LogP contribution is 2.23. The van der Waals surface area contributed by atoms with E-state index in [2.05, 4.69) is 33.5 Å². The molecule has 1 fully saturated rings. The van der Waals surface area contributed by atoms with Gasteiger partial charge < -0.3 is 14.4 Å². The number of aryl methyl sites for hydroxylation is 1. The largest absolute Gasteiger partial charge is 0.345 e. The van der Waals surface area contributed by atoms with Crippen LogP contribution in [-0.2, 0) is 7.05 Å². The maximum absolute atomic E-state index is 8.92. The summed E-state index contributed by atoms with van der Waals surface area (Å²) in [6.45, 7) is 2.74. The van der Waals surface area contributed by atoms with Crippen LogP contribution >= 0.6 is 0 Å². The van der Waals surface area contributed by atoms with Crippen LogP contribution in [0.25, 0.3) is 11.6 Å². The molecule has 0 spiro atoms. The number of nitriles is 1. The first-order valence-corrected chi connectivity index (χ1v) is 6.50. The van der Waals surface area contributed by atoms with Gasteiger partial charge in [-0.2, -0.15) is 10.2 Å². The second kappa shape index (κ2) is 5.07. The van der Waals surface area contributed by atoms with Gasteiger partial charge in [-0.3, -0.25) is 4.90 Å². The monoisotopic (exact) mass is 272 g/mol. The third-order valence-electron chi connectivity index (χ3n) is 3.60. The van der Waals surface area contributed by atoms with Crippen LogP contribution in [-0.4, -0.2) is 46.3 Å². The standard InChI is InChI=1S/C13H16N6O/c1-18-4-3-15-7-11(18)12-16-13(20-17-12)10-5-9(6-14)8-19(10)2/h5,8,11,15H,3-4,7H2,1-2H3. The number of piperazine rings is 1. The molecule has 3 heterocycles. The summed E-state index contributed by atoms with van der Waals surface area (Å²) in [5.41, 5.74) is 1.34. The van der Waals surface area contributed by atoms with Gasteiger partial charge in [0.2, 0.25) is 0 Å². The van der Waals surface area contributed by atoms with Gasteiger partial charge in [-0.05, 0) is 13.1 Å². The molecule has 0 saturated carbocycles. The van der Waals surface area contributed by atoms with Gasteiger partial charge in [0.05, 0.1) is 11.6 Å². The second-order valence-electron chi connectivity index (χ2n) is 4.99. The molecular formula is C13H16N6O. The lowest BCUT2D eigenvalue weighted by atomic mass is 10.2. The normalized spacial score (nSPS) is 19.9. The van der Waals surface area contributed by atoms with Crippen molar-refractivity contribution in [2.45, 2.75) is 6.04 Å². The minimum atomic E-state index is 0.122. The molecule has 0 bridgehead atoms. The van der Waals surface area contributed by atoms with Crippen molar-refractivity contribution in [3.8, 4) is 17.7 Å². The lowest BCUT2D eigenvalue weighted by Gasteiger charge is -2.30. The summed E-state index contributed by atoms with van der Waals surface area (Å²) in [4.78, 5) is 6.68. The molecule has 7 nitrogen and oxygen atoms in total. The summed E-state index contributed by atoms with van der Waals surface area (Å²) in [6, 6.07) is 3.98. The van der Waals surface area contributed by atoms with Crippen LogP contribution in [0.3, 0.4) is 0 Å². The summed E-state index contributed by atoms with van der Waals surface area (Å²) < 4.78 is 7.16. The van der Waals surface area contributed by atoms with Gasteiger partial charge in [-0.15, -0.1) is 0 Å². The van der Waals surface area contributed by atoms with E-state index in [0.717, 1.165) is 25.3 Å². The van der Waals surface area contributed by atoms with E-state index in [-0.39, 0.29) is 6.04 Å². The van der Waals surface area contributed by atoms with Crippen molar-refractivity contribution in [3.63, 3.8) is 0 Å². The number of nitrogens with one attached hydrogen (secondary N) is 1. The summed E-state index contributed by atoms with van der Waals surface area (Å²) >= 11 is 0. The first-order chi connectivity index (χ1) is 9.69. The van der Waals surface area contributed by atoms with E-state index < -0.39 is 0 Å². The van der Waals surface area contributed by atoms with E-state index in [1.165, 1.54) is 0 Å². The lowest BCUT2D eigenvalue weighted by Crippen LogP contribution is -2.44. The zero-order valence-electron chi connectivity index (χ0n) is 11.5. The average molecular weight is 272 g/mol. The maximum atomic E-state index is 8.92. The van der Waals surface area contributed by atoms with Crippen LogP contribution in [0.2, 0.25) is 0 Å². The number of hydrogen-bond donors (Lipinski definition) is 1. The zero-order valence-corrected chi connectivity index (χ0v) is 11.5. The number of nitrogens with zero attached hydrogens (tertiary/aromatic N) is 5. The molecule has 20 heavy (non-hydrogen) atoms. The lowest BCUT2D eigenvalue weighted by molar-refractivity contribution is 0.190. The van der Waals surface area contributed by atoms with Gasteiger partial charge in [0.1, 0.15) is 11.8 Å². The summed E-state index contributed by atoms with van der Waals surface area (Å²) in [6.07, 6.45) is 1.74. The zero-order chi connectivity index (χ0) is 14.1. The van der Waals surface area contributed by atoms with Crippen molar-refractivity contribution in [1.29, 1.82) is 5.26 Å². The molecule has 1 aliphatic rings. The summed E-state index contributed by atoms with van der Waals surface area (Å²) in [5, 5.41) is 16.3. The van der Waals surface area contributed by atoms with E-state index in [4.69, 9.17) is 9.78 Å². The number of hydrogen-bond acceptors (Lipinski definition) is 6. The van der Waals surface area contributed by atoms with Gasteiger partial charge in [-0.1, -0.05) is 5.16 Å². The Morgan fingerprint density at radius 1 is 1.50 bits per heavy atom. The van der Waals surface area contributed by atoms with Gasteiger partial charge in [0.25, 0.3) is 5.89 Å². The van der Waals surface area contributed by atoms with Crippen molar-refractivity contribution in [2.24, 2.45) is 7.05 Å².